The van der Waals surface area contributed by atoms with E-state index >= 15 is 0 Å². The average Bonchev–Trinajstić information content (AvgIpc) is 3.14. The molecular formula is C20H27N3O5S2. The Kier molecular flexibility index (Phi) is 5.73. The molecule has 1 fully saturated rings. The van der Waals surface area contributed by atoms with Crippen LogP contribution in [-0.4, -0.2) is 43.0 Å². The molecule has 0 bridgehead atoms. The molecule has 4 rings (SSSR count). The fraction of sp³-hybridized carbons (Fsp3) is 0.400. The largest absolute Gasteiger partial charge is 0.457 e. The highest BCUT2D eigenvalue weighted by molar-refractivity contribution is 8.22. The number of nitrogens with zero attached hydrogens (tertiary/aromatic N) is 1. The van der Waals surface area contributed by atoms with Crippen LogP contribution in [0.25, 0.3) is 0 Å². The van der Waals surface area contributed by atoms with Gasteiger partial charge in [0.2, 0.25) is 10.0 Å². The molecule has 0 amide bonds. The van der Waals surface area contributed by atoms with Crippen LogP contribution in [0.1, 0.15) is 31.2 Å². The molecule has 2 aromatic carbocycles. The van der Waals surface area contributed by atoms with E-state index in [1.165, 1.54) is 0 Å². The highest BCUT2D eigenvalue weighted by atomic mass is 32.3. The molecule has 4 N–H and O–H groups in total. The summed E-state index contributed by atoms with van der Waals surface area (Å²) in [5, 5.41) is 0. The number of anilines is 1. The molecule has 10 heteroatoms. The molecule has 0 spiro atoms. The van der Waals surface area contributed by atoms with Gasteiger partial charge in [0.05, 0.1) is 18.1 Å². The summed E-state index contributed by atoms with van der Waals surface area (Å²) in [5.74, 6) is 1.15. The molecule has 8 nitrogen and oxygen atoms in total. The van der Waals surface area contributed by atoms with E-state index in [2.05, 4.69) is 14.3 Å². The molecule has 0 saturated carbocycles. The molecule has 1 saturated heterocycles. The zero-order valence-electron chi connectivity index (χ0n) is 16.9. The van der Waals surface area contributed by atoms with Crippen LogP contribution < -0.4 is 19.1 Å². The first-order valence-electron chi connectivity index (χ1n) is 9.81. The summed E-state index contributed by atoms with van der Waals surface area (Å²) in [4.78, 5) is 2.62. The Morgan fingerprint density at radius 2 is 1.93 bits per heavy atom. The molecular weight excluding hydrogens is 426 g/mol. The maximum atomic E-state index is 11.3. The lowest BCUT2D eigenvalue weighted by Gasteiger charge is -2.46. The Hall–Kier alpha value is -1.82. The van der Waals surface area contributed by atoms with E-state index in [0.717, 1.165) is 36.9 Å². The van der Waals surface area contributed by atoms with Gasteiger partial charge in [-0.3, -0.25) is 9.11 Å². The first-order chi connectivity index (χ1) is 14.1. The van der Waals surface area contributed by atoms with E-state index in [-0.39, 0.29) is 12.1 Å². The minimum absolute atomic E-state index is 0.0185. The molecule has 2 heterocycles. The average molecular weight is 454 g/mol. The summed E-state index contributed by atoms with van der Waals surface area (Å²) in [7, 11) is -6.30. The zero-order valence-corrected chi connectivity index (χ0v) is 18.5. The highest BCUT2D eigenvalue weighted by Crippen LogP contribution is 2.55. The summed E-state index contributed by atoms with van der Waals surface area (Å²) in [6.45, 7) is 3.15. The van der Waals surface area contributed by atoms with Gasteiger partial charge in [-0.2, -0.15) is 4.72 Å². The van der Waals surface area contributed by atoms with Crippen molar-refractivity contribution in [2.45, 2.75) is 36.7 Å². The van der Waals surface area contributed by atoms with Crippen LogP contribution in [0.3, 0.4) is 0 Å². The third kappa shape index (κ3) is 4.58. The fourth-order valence-electron chi connectivity index (χ4n) is 3.85. The fourth-order valence-corrected chi connectivity index (χ4v) is 5.91. The molecule has 2 aromatic rings. The van der Waals surface area contributed by atoms with E-state index in [1.54, 1.807) is 6.07 Å². The number of sulfonamides is 1. The first-order valence-corrected chi connectivity index (χ1v) is 13.2. The summed E-state index contributed by atoms with van der Waals surface area (Å²) in [5.41, 5.74) is 1.83. The van der Waals surface area contributed by atoms with E-state index in [0.29, 0.717) is 22.9 Å². The molecule has 0 aromatic heterocycles. The molecule has 2 aliphatic rings. The number of hydrogen-bond acceptors (Lipinski definition) is 7. The zero-order chi connectivity index (χ0) is 21.5. The summed E-state index contributed by atoms with van der Waals surface area (Å²) in [6.07, 6.45) is 3.00. The van der Waals surface area contributed by atoms with Gasteiger partial charge in [-0.25, -0.2) is 13.1 Å². The van der Waals surface area contributed by atoms with E-state index in [1.807, 2.05) is 43.3 Å². The van der Waals surface area contributed by atoms with Crippen molar-refractivity contribution >= 4 is 26.5 Å². The predicted molar refractivity (Wildman–Crippen MR) is 119 cm³/mol. The van der Waals surface area contributed by atoms with Gasteiger partial charge in [0.25, 0.3) is 0 Å². The van der Waals surface area contributed by atoms with Crippen molar-refractivity contribution in [2.24, 2.45) is 0 Å². The number of hydrogen-bond donors (Lipinski definition) is 4. The highest BCUT2D eigenvalue weighted by Gasteiger charge is 2.38. The number of fused-ring (bicyclic) bond motifs is 3. The predicted octanol–water partition coefficient (Wildman–Crippen LogP) is 3.69. The molecule has 0 radical (unpaired) electrons. The summed E-state index contributed by atoms with van der Waals surface area (Å²) < 4.78 is 55.1. The van der Waals surface area contributed by atoms with Crippen LogP contribution in [0.5, 0.6) is 11.5 Å². The Morgan fingerprint density at radius 1 is 1.23 bits per heavy atom. The van der Waals surface area contributed by atoms with Gasteiger partial charge < -0.3 is 9.64 Å². The van der Waals surface area contributed by atoms with E-state index in [9.17, 15) is 17.5 Å². The van der Waals surface area contributed by atoms with Gasteiger partial charge in [0, 0.05) is 19.2 Å². The molecule has 2 atom stereocenters. The lowest BCUT2D eigenvalue weighted by Crippen LogP contribution is -2.46. The van der Waals surface area contributed by atoms with Crippen molar-refractivity contribution in [2.75, 3.05) is 24.2 Å². The van der Waals surface area contributed by atoms with Crippen LogP contribution in [0.2, 0.25) is 0 Å². The van der Waals surface area contributed by atoms with Gasteiger partial charge >= 0.3 is 0 Å². The molecule has 2 unspecified atom stereocenters. The van der Waals surface area contributed by atoms with Crippen molar-refractivity contribution in [1.29, 1.82) is 0 Å². The van der Waals surface area contributed by atoms with Crippen molar-refractivity contribution in [3.63, 3.8) is 0 Å². The summed E-state index contributed by atoms with van der Waals surface area (Å²) >= 11 is 0. The lowest BCUT2D eigenvalue weighted by atomic mass is 10.0. The van der Waals surface area contributed by atoms with Crippen LogP contribution in [0.15, 0.2) is 47.4 Å². The lowest BCUT2D eigenvalue weighted by molar-refractivity contribution is 0.440. The van der Waals surface area contributed by atoms with Gasteiger partial charge in [-0.1, -0.05) is 19.1 Å². The third-order valence-electron chi connectivity index (χ3n) is 5.44. The van der Waals surface area contributed by atoms with Gasteiger partial charge in [-0.15, -0.1) is 10.8 Å². The Morgan fingerprint density at radius 3 is 2.63 bits per heavy atom. The van der Waals surface area contributed by atoms with Crippen LogP contribution in [0, 0.1) is 0 Å². The normalized spacial score (nSPS) is 22.1. The molecule has 164 valence electrons. The first kappa shape index (κ1) is 21.4. The maximum Gasteiger partial charge on any atom is 0.208 e. The van der Waals surface area contributed by atoms with Crippen molar-refractivity contribution < 1.29 is 22.3 Å². The second-order valence-corrected chi connectivity index (χ2v) is 11.4. The SMILES string of the molecule is CC(CNS(C)(=O)=O)c1ccc(Oc2ccc3c(c2)S(O)(O)NC2CCCN32)cc1. The van der Waals surface area contributed by atoms with Crippen molar-refractivity contribution in [3.8, 4) is 11.5 Å². The van der Waals surface area contributed by atoms with Crippen molar-refractivity contribution in [3.05, 3.63) is 48.0 Å². The second-order valence-electron chi connectivity index (χ2n) is 7.84. The van der Waals surface area contributed by atoms with Gasteiger partial charge in [0.15, 0.2) is 0 Å². The number of nitrogens with one attached hydrogen (secondary N) is 2. The van der Waals surface area contributed by atoms with Crippen LogP contribution in [0.4, 0.5) is 5.69 Å². The summed E-state index contributed by atoms with van der Waals surface area (Å²) in [6, 6.07) is 12.8. The number of benzene rings is 2. The van der Waals surface area contributed by atoms with E-state index < -0.39 is 20.8 Å². The molecule has 30 heavy (non-hydrogen) atoms. The second kappa shape index (κ2) is 8.03. The molecule has 0 aliphatic carbocycles. The Balaban J connectivity index is 1.49. The van der Waals surface area contributed by atoms with Gasteiger partial charge in [-0.05, 0) is 48.6 Å². The monoisotopic (exact) mass is 453 g/mol. The van der Waals surface area contributed by atoms with E-state index in [4.69, 9.17) is 4.74 Å². The van der Waals surface area contributed by atoms with Crippen molar-refractivity contribution in [1.82, 2.24) is 9.44 Å². The minimum atomic E-state index is -3.22. The number of rotatable bonds is 6. The topological polar surface area (TPSA) is 111 Å². The molecule has 2 aliphatic heterocycles. The van der Waals surface area contributed by atoms with Gasteiger partial charge in [0.1, 0.15) is 16.4 Å². The maximum absolute atomic E-state index is 11.3. The smallest absolute Gasteiger partial charge is 0.208 e. The minimum Gasteiger partial charge on any atom is -0.457 e. The van der Waals surface area contributed by atoms with Crippen LogP contribution in [-0.2, 0) is 10.0 Å². The van der Waals surface area contributed by atoms with Crippen LogP contribution >= 0.6 is 10.8 Å². The number of ether oxygens (including phenoxy) is 1. The Labute approximate surface area is 178 Å². The Bertz CT molecular complexity index is 1030. The standard InChI is InChI=1S/C20H27N3O5S2/c1-14(13-21-29(2,24)25)15-5-7-16(8-6-15)28-17-9-10-18-19(12-17)30(26,27)22-20-4-3-11-23(18)20/h5-10,12,14,20-22,26-27H,3-4,11,13H2,1-2H3. The quantitative estimate of drug-likeness (QED) is 0.528. The third-order valence-corrected chi connectivity index (χ3v) is 7.67.